The smallest absolute Gasteiger partial charge is 0.343 e. The number of hydrogen-bond acceptors (Lipinski definition) is 13. The van der Waals surface area contributed by atoms with Gasteiger partial charge in [-0.2, -0.15) is 0 Å². The molecule has 0 saturated carbocycles. The van der Waals surface area contributed by atoms with Crippen molar-refractivity contribution in [2.75, 3.05) is 26.6 Å². The van der Waals surface area contributed by atoms with Crippen molar-refractivity contribution in [1.82, 2.24) is 19.1 Å². The third kappa shape index (κ3) is 27.7. The van der Waals surface area contributed by atoms with Gasteiger partial charge in [-0.05, 0) is 269 Å². The van der Waals surface area contributed by atoms with Crippen LogP contribution in [0.3, 0.4) is 0 Å². The summed E-state index contributed by atoms with van der Waals surface area (Å²) >= 11 is 0. The van der Waals surface area contributed by atoms with Crippen molar-refractivity contribution in [2.24, 2.45) is 0 Å². The number of carbonyl (C=O) groups is 2. The minimum absolute atomic E-state index is 0.0756. The zero-order valence-corrected chi connectivity index (χ0v) is 73.1. The minimum Gasteiger partial charge on any atom is -0.458 e. The van der Waals surface area contributed by atoms with Crippen molar-refractivity contribution in [2.45, 2.75) is 284 Å². The van der Waals surface area contributed by atoms with E-state index in [-0.39, 0.29) is 50.8 Å². The van der Waals surface area contributed by atoms with Crippen molar-refractivity contribution in [3.63, 3.8) is 0 Å². The number of allylic oxidation sites excluding steroid dienone is 21. The van der Waals surface area contributed by atoms with Crippen LogP contribution in [0.2, 0.25) is 0 Å². The van der Waals surface area contributed by atoms with E-state index in [1.54, 1.807) is 22.1 Å². The molecule has 116 heavy (non-hydrogen) atoms. The molecule has 624 valence electrons. The molecule has 0 bridgehead atoms. The lowest BCUT2D eigenvalue weighted by Gasteiger charge is -2.36. The Morgan fingerprint density at radius 1 is 0.422 bits per heavy atom. The molecule has 0 radical (unpaired) electrons. The summed E-state index contributed by atoms with van der Waals surface area (Å²) in [5, 5.41) is 30.5. The molecule has 10 rings (SSSR count). The molecule has 0 fully saturated rings. The average molecular weight is 1580 g/mol. The van der Waals surface area contributed by atoms with Crippen LogP contribution in [0, 0.1) is 0 Å². The van der Waals surface area contributed by atoms with Gasteiger partial charge in [0.05, 0.1) is 77.8 Å². The number of pyridine rings is 4. The number of ether oxygens (including phenoxy) is 4. The van der Waals surface area contributed by atoms with Crippen LogP contribution in [-0.2, 0) is 66.0 Å². The molecule has 2 atom stereocenters. The summed E-state index contributed by atoms with van der Waals surface area (Å²) in [6, 6.07) is 23.5. The maximum atomic E-state index is 13.7. The predicted molar refractivity (Wildman–Crippen MR) is 478 cm³/mol. The fraction of sp³-hybridized carbons (Fsp3) is 0.465. The van der Waals surface area contributed by atoms with Crippen LogP contribution in [0.4, 0.5) is 0 Å². The van der Waals surface area contributed by atoms with Gasteiger partial charge < -0.3 is 43.4 Å². The number of hydrogen-bond donors (Lipinski definition) is 3. The Morgan fingerprint density at radius 2 is 0.750 bits per heavy atom. The fourth-order valence-electron chi connectivity index (χ4n) is 14.7. The lowest BCUT2D eigenvalue weighted by molar-refractivity contribution is -0.198. The topological polar surface area (TPSA) is 202 Å². The molecule has 0 aliphatic carbocycles. The number of para-hydroxylation sites is 2. The number of esters is 2. The highest BCUT2D eigenvalue weighted by Gasteiger charge is 2.49. The van der Waals surface area contributed by atoms with Crippen molar-refractivity contribution in [1.29, 1.82) is 0 Å². The van der Waals surface area contributed by atoms with E-state index in [1.165, 1.54) is 79.7 Å². The van der Waals surface area contributed by atoms with Crippen LogP contribution < -0.4 is 11.1 Å². The molecule has 4 aromatic heterocycles. The molecule has 4 aliphatic rings. The lowest BCUT2D eigenvalue weighted by Crippen LogP contribution is -2.46. The Kier molecular flexibility index (Phi) is 38.3. The van der Waals surface area contributed by atoms with Gasteiger partial charge in [-0.3, -0.25) is 9.59 Å². The molecule has 0 unspecified atom stereocenters. The van der Waals surface area contributed by atoms with Gasteiger partial charge in [-0.1, -0.05) is 190 Å². The number of aliphatic hydroxyl groups is 3. The van der Waals surface area contributed by atoms with Crippen LogP contribution in [0.25, 0.3) is 44.6 Å². The first-order chi connectivity index (χ1) is 55.6. The van der Waals surface area contributed by atoms with Crippen LogP contribution in [-0.4, -0.2) is 73.0 Å². The number of fused-ring (bicyclic) bond motifs is 10. The van der Waals surface area contributed by atoms with E-state index in [1.807, 2.05) is 79.7 Å². The Balaban J connectivity index is 0.000000232. The number of nitrogens with zero attached hydrogens (tertiary/aromatic N) is 4. The molecule has 15 heteroatoms. The number of benzene rings is 2. The molecule has 15 nitrogen and oxygen atoms in total. The maximum absolute atomic E-state index is 13.7. The summed E-state index contributed by atoms with van der Waals surface area (Å²) in [5.41, 5.74) is 21.3. The van der Waals surface area contributed by atoms with Gasteiger partial charge in [0.15, 0.2) is 11.2 Å². The van der Waals surface area contributed by atoms with Gasteiger partial charge in [0, 0.05) is 33.0 Å². The summed E-state index contributed by atoms with van der Waals surface area (Å²) in [6.07, 6.45) is 47.3. The fourth-order valence-corrected chi connectivity index (χ4v) is 14.7. The Hall–Kier alpha value is -9.22. The van der Waals surface area contributed by atoms with E-state index in [4.69, 9.17) is 39.1 Å². The highest BCUT2D eigenvalue weighted by molar-refractivity contribution is 5.88. The first-order valence-corrected chi connectivity index (χ1v) is 42.2. The molecular formula is C101H134N4O11. The van der Waals surface area contributed by atoms with E-state index in [2.05, 4.69) is 171 Å². The van der Waals surface area contributed by atoms with Gasteiger partial charge in [0.25, 0.3) is 11.1 Å². The highest BCUT2D eigenvalue weighted by Crippen LogP contribution is 2.42. The van der Waals surface area contributed by atoms with E-state index in [9.17, 15) is 24.3 Å². The summed E-state index contributed by atoms with van der Waals surface area (Å²) < 4.78 is 26.0. The molecule has 4 aliphatic heterocycles. The van der Waals surface area contributed by atoms with Gasteiger partial charge >= 0.3 is 11.9 Å². The summed E-state index contributed by atoms with van der Waals surface area (Å²) in [4.78, 5) is 61.8. The zero-order valence-electron chi connectivity index (χ0n) is 73.1. The molecule has 0 spiro atoms. The molecule has 0 saturated heterocycles. The second kappa shape index (κ2) is 47.2. The van der Waals surface area contributed by atoms with Crippen LogP contribution in [0.1, 0.15) is 280 Å². The minimum atomic E-state index is -1.79. The van der Waals surface area contributed by atoms with Gasteiger partial charge in [-0.15, -0.1) is 0 Å². The molecule has 0 amide bonds. The van der Waals surface area contributed by atoms with Gasteiger partial charge in [0.2, 0.25) is 0 Å². The van der Waals surface area contributed by atoms with E-state index in [0.29, 0.717) is 59.8 Å². The van der Waals surface area contributed by atoms with Crippen LogP contribution in [0.5, 0.6) is 0 Å². The molecular weight excluding hydrogens is 1450 g/mol. The van der Waals surface area contributed by atoms with Crippen molar-refractivity contribution < 1.29 is 43.9 Å². The van der Waals surface area contributed by atoms with Crippen molar-refractivity contribution in [3.05, 3.63) is 267 Å². The third-order valence-electron chi connectivity index (χ3n) is 22.1. The third-order valence-corrected chi connectivity index (χ3v) is 22.1. The SMILES string of the molecule is CC(C)=CCC/C(C)=C/CC/C(C)=C/CC/C(C)=C/CO.CC(C)=CCC/C(C)=C/CC/C(C)=C/CC/C(C)=C/CO.CC[C@@]1(O)C(=O)OCc2c1cc1n(c2=O)Cc2cc3ccccc3nc2-1.CC[C@@]1(OCOC/C=C(\C)CC/C=C(\C)CC/C=C(\C)CCC=C(C)C)C(=O)OCc2c1cc1n(c2=O)Cc2cc3ccccc3nc2-1. The molecule has 2 aromatic carbocycles. The number of rotatable bonds is 36. The first kappa shape index (κ1) is 93.9. The van der Waals surface area contributed by atoms with Crippen LogP contribution >= 0.6 is 0 Å². The molecule has 3 N–H and O–H groups in total. The van der Waals surface area contributed by atoms with E-state index >= 15 is 0 Å². The largest absolute Gasteiger partial charge is 0.458 e. The lowest BCUT2D eigenvalue weighted by atomic mass is 9.85. The number of cyclic esters (lactones) is 2. The Labute approximate surface area is 692 Å². The number of carbonyl (C=O) groups excluding carboxylic acids is 2. The second-order valence-electron chi connectivity index (χ2n) is 32.7. The monoisotopic (exact) mass is 1580 g/mol. The Morgan fingerprint density at radius 3 is 1.10 bits per heavy atom. The summed E-state index contributed by atoms with van der Waals surface area (Å²) in [6.45, 7) is 37.4. The quantitative estimate of drug-likeness (QED) is 0.0145. The second-order valence-corrected chi connectivity index (χ2v) is 32.7. The normalized spacial score (nSPS) is 16.8. The molecule has 8 heterocycles. The number of aliphatic hydroxyl groups excluding tert-OH is 2. The first-order valence-electron chi connectivity index (χ1n) is 42.2. The summed E-state index contributed by atoms with van der Waals surface area (Å²) in [5.74, 6) is -1.21. The number of aromatic nitrogens is 4. The van der Waals surface area contributed by atoms with Crippen LogP contribution in [0.15, 0.2) is 222 Å². The van der Waals surface area contributed by atoms with E-state index in [0.717, 1.165) is 147 Å². The van der Waals surface area contributed by atoms with Crippen molar-refractivity contribution in [3.8, 4) is 22.8 Å². The predicted octanol–water partition coefficient (Wildman–Crippen LogP) is 23.6. The average Bonchev–Trinajstić information content (AvgIpc) is 1.48. The van der Waals surface area contributed by atoms with E-state index < -0.39 is 23.1 Å². The summed E-state index contributed by atoms with van der Waals surface area (Å²) in [7, 11) is 0. The maximum Gasteiger partial charge on any atom is 0.343 e. The standard InChI is InChI=1S/C41H50N2O5.C20H16N2O4.2C20H34O/c1-7-41(48-27-46-22-21-31(6)18-12-17-30(5)16-11-15-29(4)14-10-13-28(2)3)35-24-37-38-33(23-32-19-8-9-20-36(32)42-38)25-43(37)39(44)34(35)26-47-40(41)45;1-2-20(25)14-8-16-17-12(7-11-5-3-4-6-15(11)21-17)9-22(16)18(23)13(14)10-26-19(20)24;2*1-17(2)9-6-10-18(3)11-7-12-19(4)13-8-14-20(5)15-16-21/h8-9,13,15,17,19-21,23-24H,7,10-12,14,16,18,22,25-27H2,1-6H3;3-8,25H,2,9-10H2,1H3;2*9,11,13,15,21H,6-8,10,12,14,16H2,1-5H3/b29-15+,30-17+,31-21+;;2*18-11+,19-13+,20-15+/t41-;20-;;/m00../s1. The van der Waals surface area contributed by atoms with Gasteiger partial charge in [-0.25, -0.2) is 19.6 Å². The molecule has 6 aromatic rings. The Bertz CT molecular complexity index is 4810. The zero-order chi connectivity index (χ0) is 84.5. The highest BCUT2D eigenvalue weighted by atomic mass is 16.7. The van der Waals surface area contributed by atoms with Gasteiger partial charge in [0.1, 0.15) is 20.0 Å². The van der Waals surface area contributed by atoms with Crippen molar-refractivity contribution >= 4 is 33.7 Å².